The van der Waals surface area contributed by atoms with Gasteiger partial charge in [-0.1, -0.05) is 18.6 Å². The van der Waals surface area contributed by atoms with E-state index in [2.05, 4.69) is 0 Å². The summed E-state index contributed by atoms with van der Waals surface area (Å²) in [6.07, 6.45) is -1.43. The van der Waals surface area contributed by atoms with Crippen molar-refractivity contribution in [3.05, 3.63) is 34.9 Å². The van der Waals surface area contributed by atoms with Gasteiger partial charge in [0.05, 0.1) is 5.56 Å². The third kappa shape index (κ3) is 2.57. The van der Waals surface area contributed by atoms with Crippen LogP contribution in [-0.2, 0) is 11.0 Å². The molecule has 0 bridgehead atoms. The number of Topliss-reactive ketones (excluding diaryl/α,β-unsaturated/α-hetero) is 1. The van der Waals surface area contributed by atoms with E-state index < -0.39 is 11.7 Å². The molecule has 0 heterocycles. The van der Waals surface area contributed by atoms with Crippen LogP contribution in [0.4, 0.5) is 13.2 Å². The number of alkyl halides is 3. The number of hydrogen-bond donors (Lipinski definition) is 0. The number of ketones is 1. The molecule has 2 rings (SSSR count). The Kier molecular flexibility index (Phi) is 3.46. The maximum atomic E-state index is 12.8. The molecule has 1 nitrogen and oxygen atoms in total. The topological polar surface area (TPSA) is 17.1 Å². The average Bonchev–Trinajstić information content (AvgIpc) is 2.29. The van der Waals surface area contributed by atoms with Gasteiger partial charge in [-0.05, 0) is 37.0 Å². The van der Waals surface area contributed by atoms with E-state index in [0.717, 1.165) is 18.9 Å². The Morgan fingerprint density at radius 3 is 2.56 bits per heavy atom. The highest BCUT2D eigenvalue weighted by Gasteiger charge is 2.34. The van der Waals surface area contributed by atoms with Crippen molar-refractivity contribution in [1.29, 1.82) is 0 Å². The van der Waals surface area contributed by atoms with Gasteiger partial charge in [0, 0.05) is 12.3 Å². The van der Waals surface area contributed by atoms with Crippen LogP contribution in [-0.4, -0.2) is 5.78 Å². The average molecular weight is 256 g/mol. The molecule has 1 aromatic carbocycles. The zero-order valence-corrected chi connectivity index (χ0v) is 10.2. The molecule has 1 aliphatic carbocycles. The number of aryl methyl sites for hydroxylation is 1. The summed E-state index contributed by atoms with van der Waals surface area (Å²) < 4.78 is 38.4. The van der Waals surface area contributed by atoms with E-state index in [9.17, 15) is 18.0 Å². The molecule has 18 heavy (non-hydrogen) atoms. The van der Waals surface area contributed by atoms with E-state index in [1.165, 1.54) is 13.0 Å². The van der Waals surface area contributed by atoms with Crippen molar-refractivity contribution in [1.82, 2.24) is 0 Å². The van der Waals surface area contributed by atoms with Crippen LogP contribution in [0.2, 0.25) is 0 Å². The summed E-state index contributed by atoms with van der Waals surface area (Å²) in [6, 6.07) is 4.25. The lowest BCUT2D eigenvalue weighted by Crippen LogP contribution is -2.18. The molecule has 1 atom stereocenters. The number of halogens is 3. The molecule has 1 fully saturated rings. The zero-order chi connectivity index (χ0) is 13.3. The summed E-state index contributed by atoms with van der Waals surface area (Å²) >= 11 is 0. The SMILES string of the molecule is Cc1ccc(C2CCCCC2=O)cc1C(F)(F)F. The van der Waals surface area contributed by atoms with Crippen LogP contribution < -0.4 is 0 Å². The van der Waals surface area contributed by atoms with Crippen molar-refractivity contribution in [3.63, 3.8) is 0 Å². The lowest BCUT2D eigenvalue weighted by Gasteiger charge is -2.22. The second-order valence-electron chi connectivity index (χ2n) is 4.84. The Bertz CT molecular complexity index is 463. The van der Waals surface area contributed by atoms with Crippen molar-refractivity contribution in [2.75, 3.05) is 0 Å². The lowest BCUT2D eigenvalue weighted by molar-refractivity contribution is -0.138. The molecule has 0 saturated heterocycles. The summed E-state index contributed by atoms with van der Waals surface area (Å²) in [5, 5.41) is 0. The van der Waals surface area contributed by atoms with E-state index in [0.29, 0.717) is 18.4 Å². The van der Waals surface area contributed by atoms with Crippen LogP contribution in [0.1, 0.15) is 48.3 Å². The van der Waals surface area contributed by atoms with Crippen LogP contribution in [0.5, 0.6) is 0 Å². The van der Waals surface area contributed by atoms with Crippen molar-refractivity contribution in [2.24, 2.45) is 0 Å². The smallest absolute Gasteiger partial charge is 0.299 e. The highest BCUT2D eigenvalue weighted by Crippen LogP contribution is 2.36. The minimum absolute atomic E-state index is 0.0678. The molecule has 0 radical (unpaired) electrons. The summed E-state index contributed by atoms with van der Waals surface area (Å²) in [7, 11) is 0. The molecule has 0 N–H and O–H groups in total. The second-order valence-corrected chi connectivity index (χ2v) is 4.84. The van der Waals surface area contributed by atoms with Gasteiger partial charge in [-0.2, -0.15) is 13.2 Å². The molecule has 0 aromatic heterocycles. The highest BCUT2D eigenvalue weighted by molar-refractivity contribution is 5.86. The number of carbonyl (C=O) groups is 1. The van der Waals surface area contributed by atoms with Crippen LogP contribution in [0.25, 0.3) is 0 Å². The molecule has 1 unspecified atom stereocenters. The van der Waals surface area contributed by atoms with Crippen LogP contribution in [0.3, 0.4) is 0 Å². The Balaban J connectivity index is 2.37. The molecule has 1 aromatic rings. The van der Waals surface area contributed by atoms with E-state index in [-0.39, 0.29) is 17.3 Å². The minimum Gasteiger partial charge on any atom is -0.299 e. The molecular formula is C14H15F3O. The van der Waals surface area contributed by atoms with Gasteiger partial charge < -0.3 is 0 Å². The Morgan fingerprint density at radius 2 is 1.94 bits per heavy atom. The fraction of sp³-hybridized carbons (Fsp3) is 0.500. The maximum Gasteiger partial charge on any atom is 0.416 e. The van der Waals surface area contributed by atoms with Crippen molar-refractivity contribution >= 4 is 5.78 Å². The molecule has 1 saturated carbocycles. The number of benzene rings is 1. The predicted molar refractivity (Wildman–Crippen MR) is 62.4 cm³/mol. The van der Waals surface area contributed by atoms with Crippen LogP contribution >= 0.6 is 0 Å². The zero-order valence-electron chi connectivity index (χ0n) is 10.2. The molecule has 0 aliphatic heterocycles. The van der Waals surface area contributed by atoms with Gasteiger partial charge in [-0.15, -0.1) is 0 Å². The molecule has 98 valence electrons. The summed E-state index contributed by atoms with van der Waals surface area (Å²) in [5.74, 6) is -0.279. The minimum atomic E-state index is -4.35. The first-order valence-electron chi connectivity index (χ1n) is 6.10. The largest absolute Gasteiger partial charge is 0.416 e. The Hall–Kier alpha value is -1.32. The fourth-order valence-electron chi connectivity index (χ4n) is 2.50. The van der Waals surface area contributed by atoms with Crippen molar-refractivity contribution in [3.8, 4) is 0 Å². The van der Waals surface area contributed by atoms with Gasteiger partial charge in [0.25, 0.3) is 0 Å². The van der Waals surface area contributed by atoms with E-state index >= 15 is 0 Å². The third-order valence-corrected chi connectivity index (χ3v) is 3.52. The monoisotopic (exact) mass is 256 g/mol. The van der Waals surface area contributed by atoms with Gasteiger partial charge in [0.1, 0.15) is 5.78 Å². The summed E-state index contributed by atoms with van der Waals surface area (Å²) in [4.78, 5) is 11.8. The Morgan fingerprint density at radius 1 is 1.22 bits per heavy atom. The van der Waals surface area contributed by atoms with Gasteiger partial charge in [0.2, 0.25) is 0 Å². The van der Waals surface area contributed by atoms with Crippen molar-refractivity contribution in [2.45, 2.75) is 44.7 Å². The number of carbonyl (C=O) groups excluding carboxylic acids is 1. The Labute approximate surface area is 104 Å². The maximum absolute atomic E-state index is 12.8. The first-order valence-corrected chi connectivity index (χ1v) is 6.10. The molecule has 0 amide bonds. The molecule has 4 heteroatoms. The fourth-order valence-corrected chi connectivity index (χ4v) is 2.50. The van der Waals surface area contributed by atoms with Crippen LogP contribution in [0, 0.1) is 6.92 Å². The molecule has 0 spiro atoms. The van der Waals surface area contributed by atoms with Crippen molar-refractivity contribution < 1.29 is 18.0 Å². The third-order valence-electron chi connectivity index (χ3n) is 3.52. The van der Waals surface area contributed by atoms with Gasteiger partial charge in [-0.25, -0.2) is 0 Å². The van der Waals surface area contributed by atoms with Gasteiger partial charge >= 0.3 is 6.18 Å². The quantitative estimate of drug-likeness (QED) is 0.734. The second kappa shape index (κ2) is 4.75. The lowest BCUT2D eigenvalue weighted by atomic mass is 9.82. The molecule has 1 aliphatic rings. The van der Waals surface area contributed by atoms with Gasteiger partial charge in [0.15, 0.2) is 0 Å². The number of rotatable bonds is 1. The standard InChI is InChI=1S/C14H15F3O/c1-9-6-7-10(8-12(9)14(15,16)17)11-4-2-3-5-13(11)18/h6-8,11H,2-5H2,1H3. The normalized spacial score (nSPS) is 21.1. The first-order chi connectivity index (χ1) is 8.39. The first kappa shape index (κ1) is 13.1. The summed E-state index contributed by atoms with van der Waals surface area (Å²) in [5.41, 5.74) is 0.0884. The predicted octanol–water partition coefficient (Wildman–Crippen LogP) is 4.24. The van der Waals surface area contributed by atoms with Crippen LogP contribution in [0.15, 0.2) is 18.2 Å². The van der Waals surface area contributed by atoms with E-state index in [1.807, 2.05) is 0 Å². The summed E-state index contributed by atoms with van der Waals surface area (Å²) in [6.45, 7) is 1.44. The highest BCUT2D eigenvalue weighted by atomic mass is 19.4. The van der Waals surface area contributed by atoms with E-state index in [4.69, 9.17) is 0 Å². The van der Waals surface area contributed by atoms with Gasteiger partial charge in [-0.3, -0.25) is 4.79 Å². The molecular weight excluding hydrogens is 241 g/mol. The number of hydrogen-bond acceptors (Lipinski definition) is 1. The van der Waals surface area contributed by atoms with E-state index in [1.54, 1.807) is 6.07 Å².